The second kappa shape index (κ2) is 24.2. The number of rotatable bonds is 0. The van der Waals surface area contributed by atoms with E-state index in [-0.39, 0.29) is 0 Å². The predicted octanol–water partition coefficient (Wildman–Crippen LogP) is 17.9. The zero-order valence-electron chi connectivity index (χ0n) is 52.3. The van der Waals surface area contributed by atoms with E-state index in [1.807, 2.05) is 0 Å². The van der Waals surface area contributed by atoms with E-state index in [2.05, 4.69) is 227 Å². The minimum absolute atomic E-state index is 0.351. The molecular formula is C63H130N4. The Morgan fingerprint density at radius 1 is 0.224 bits per heavy atom. The van der Waals surface area contributed by atoms with Crippen LogP contribution in [0, 0.1) is 68.0 Å². The number of likely N-dealkylation sites (tertiary alicyclic amines) is 4. The van der Waals surface area contributed by atoms with Crippen LogP contribution in [0.3, 0.4) is 0 Å². The van der Waals surface area contributed by atoms with Gasteiger partial charge in [0.1, 0.15) is 0 Å². The molecule has 0 N–H and O–H groups in total. The molecule has 4 heteroatoms. The third kappa shape index (κ3) is 23.5. The van der Waals surface area contributed by atoms with Crippen LogP contribution in [0.5, 0.6) is 0 Å². The minimum atomic E-state index is 0.351. The van der Waals surface area contributed by atoms with E-state index in [9.17, 15) is 0 Å². The first kappa shape index (κ1) is 64.9. The molecule has 402 valence electrons. The van der Waals surface area contributed by atoms with Crippen LogP contribution in [0.4, 0.5) is 0 Å². The number of piperidine rings is 2. The van der Waals surface area contributed by atoms with Crippen molar-refractivity contribution in [1.29, 1.82) is 0 Å². The summed E-state index contributed by atoms with van der Waals surface area (Å²) in [7, 11) is 0. The van der Waals surface area contributed by atoms with E-state index in [4.69, 9.17) is 0 Å². The van der Waals surface area contributed by atoms with Gasteiger partial charge in [-0.3, -0.25) is 19.6 Å². The van der Waals surface area contributed by atoms with Gasteiger partial charge in [-0.2, -0.15) is 0 Å². The van der Waals surface area contributed by atoms with Crippen LogP contribution >= 0.6 is 0 Å². The maximum atomic E-state index is 2.65. The Balaban J connectivity index is 0.000000419. The Morgan fingerprint density at radius 2 is 0.478 bits per heavy atom. The van der Waals surface area contributed by atoms with Crippen LogP contribution in [0.25, 0.3) is 0 Å². The summed E-state index contributed by atoms with van der Waals surface area (Å²) in [4.78, 5) is 10.4. The second-order valence-corrected chi connectivity index (χ2v) is 33.5. The molecule has 5 rings (SSSR count). The summed E-state index contributed by atoms with van der Waals surface area (Å²) in [6.45, 7) is 80.9. The zero-order valence-corrected chi connectivity index (χ0v) is 52.3. The third-order valence-electron chi connectivity index (χ3n) is 17.8. The molecule has 5 fully saturated rings. The van der Waals surface area contributed by atoms with Crippen molar-refractivity contribution in [3.8, 4) is 0 Å². The van der Waals surface area contributed by atoms with Crippen molar-refractivity contribution >= 4 is 0 Å². The molecule has 0 aromatic carbocycles. The van der Waals surface area contributed by atoms with Crippen molar-refractivity contribution in [3.63, 3.8) is 0 Å². The molecule has 4 aliphatic heterocycles. The number of hydrogen-bond acceptors (Lipinski definition) is 4. The Labute approximate surface area is 425 Å². The molecule has 4 nitrogen and oxygen atoms in total. The highest BCUT2D eigenvalue weighted by atomic mass is 15.2. The fraction of sp³-hybridized carbons (Fsp3) is 1.00. The molecule has 4 atom stereocenters. The normalized spacial score (nSPS) is 25.9. The fourth-order valence-electron chi connectivity index (χ4n) is 11.1. The summed E-state index contributed by atoms with van der Waals surface area (Å²) in [6.07, 6.45) is 12.7. The Bertz CT molecular complexity index is 1210. The molecule has 5 aliphatic rings. The van der Waals surface area contributed by atoms with Crippen molar-refractivity contribution in [3.05, 3.63) is 0 Å². The van der Waals surface area contributed by atoms with Gasteiger partial charge in [0.2, 0.25) is 0 Å². The van der Waals surface area contributed by atoms with Gasteiger partial charge in [0, 0.05) is 48.3 Å². The predicted molar refractivity (Wildman–Crippen MR) is 305 cm³/mol. The molecule has 4 unspecified atom stereocenters. The van der Waals surface area contributed by atoms with Crippen LogP contribution in [0.2, 0.25) is 0 Å². The maximum Gasteiger partial charge on any atom is 0.0125 e. The lowest BCUT2D eigenvalue weighted by atomic mass is 9.63. The smallest absolute Gasteiger partial charge is 0.0125 e. The fourth-order valence-corrected chi connectivity index (χ4v) is 11.1. The molecule has 1 saturated carbocycles. The van der Waals surface area contributed by atoms with Gasteiger partial charge in [-0.25, -0.2) is 0 Å². The number of nitrogens with zero attached hydrogens (tertiary/aromatic N) is 4. The van der Waals surface area contributed by atoms with Crippen LogP contribution in [-0.2, 0) is 0 Å². The molecule has 0 amide bonds. The molecular weight excluding hydrogens is 813 g/mol. The summed E-state index contributed by atoms with van der Waals surface area (Å²) in [5, 5.41) is 0. The first-order valence-corrected chi connectivity index (χ1v) is 28.6. The molecule has 0 aromatic rings. The van der Waals surface area contributed by atoms with E-state index in [1.165, 1.54) is 110 Å². The average molecular weight is 944 g/mol. The van der Waals surface area contributed by atoms with Gasteiger partial charge in [0.05, 0.1) is 0 Å². The highest BCUT2D eigenvalue weighted by molar-refractivity contribution is 4.94. The van der Waals surface area contributed by atoms with Crippen molar-refractivity contribution in [2.45, 2.75) is 288 Å². The summed E-state index contributed by atoms with van der Waals surface area (Å²) in [6, 6.07) is 0. The monoisotopic (exact) mass is 943 g/mol. The molecule has 0 spiro atoms. The van der Waals surface area contributed by atoms with Gasteiger partial charge in [-0.1, -0.05) is 131 Å². The molecule has 4 heterocycles. The summed E-state index contributed by atoms with van der Waals surface area (Å²) >= 11 is 0. The first-order chi connectivity index (χ1) is 29.6. The van der Waals surface area contributed by atoms with E-state index in [0.29, 0.717) is 54.6 Å². The van der Waals surface area contributed by atoms with E-state index < -0.39 is 0 Å². The lowest BCUT2D eigenvalue weighted by Gasteiger charge is -2.52. The lowest BCUT2D eigenvalue weighted by Crippen LogP contribution is -2.59. The average Bonchev–Trinajstić information content (AvgIpc) is 3.62. The van der Waals surface area contributed by atoms with Crippen LogP contribution in [0.15, 0.2) is 0 Å². The molecule has 0 radical (unpaired) electrons. The largest absolute Gasteiger partial charge is 0.298 e. The van der Waals surface area contributed by atoms with Crippen LogP contribution < -0.4 is 0 Å². The minimum Gasteiger partial charge on any atom is -0.298 e. The van der Waals surface area contributed by atoms with Gasteiger partial charge < -0.3 is 0 Å². The SMILES string of the molecule is CC(C)(C)C1CCCC(C(C)(C)C)C1.CC(C)(C)C1CCCN(C(C)(C)C)C1.CC(C)(C)C1CCN(C(C)(C)C)C1.CC(C)(C)C1CCN(C(C)(C)C)CC1.CC(C)(C)C1CN(C(C)(C)C)C1. The van der Waals surface area contributed by atoms with E-state index >= 15 is 0 Å². The topological polar surface area (TPSA) is 13.0 Å². The number of hydrogen-bond donors (Lipinski definition) is 0. The Morgan fingerprint density at radius 3 is 0.761 bits per heavy atom. The second-order valence-electron chi connectivity index (χ2n) is 33.5. The summed E-state index contributed by atoms with van der Waals surface area (Å²) < 4.78 is 0. The zero-order chi connectivity index (χ0) is 52.8. The first-order valence-electron chi connectivity index (χ1n) is 28.6. The lowest BCUT2D eigenvalue weighted by molar-refractivity contribution is -0.0345. The van der Waals surface area contributed by atoms with E-state index in [1.54, 1.807) is 0 Å². The summed E-state index contributed by atoms with van der Waals surface area (Å²) in [5.74, 6) is 5.46. The van der Waals surface area contributed by atoms with Crippen molar-refractivity contribution in [1.82, 2.24) is 19.6 Å². The van der Waals surface area contributed by atoms with Crippen LogP contribution in [-0.4, -0.2) is 94.1 Å². The molecule has 1 aliphatic carbocycles. The molecule has 4 saturated heterocycles. The van der Waals surface area contributed by atoms with Gasteiger partial charge in [-0.15, -0.1) is 0 Å². The van der Waals surface area contributed by atoms with E-state index in [0.717, 1.165) is 35.5 Å². The standard InChI is InChI=1S/C14H28.2C13H27N.C12H25N.C11H23N/c1-13(2,3)11-8-7-9-12(10-11)14(4,5)6;1-12(2,3)11-7-9-14(10-8-11)13(4,5)6;1-12(2,3)11-8-7-9-14(10-11)13(4,5)6;1-11(2,3)10-7-8-13(9-10)12(4,5)6;1-10(2,3)9-7-12(8-9)11(4,5)6/h11-12H,7-10H2,1-6H3;2*11H,7-10H2,1-6H3;10H,7-9H2,1-6H3;9H,7-8H2,1-6H3. The van der Waals surface area contributed by atoms with Crippen LogP contribution in [0.1, 0.15) is 265 Å². The molecule has 0 aromatic heterocycles. The third-order valence-corrected chi connectivity index (χ3v) is 17.8. The van der Waals surface area contributed by atoms with Crippen molar-refractivity contribution in [2.24, 2.45) is 68.0 Å². The van der Waals surface area contributed by atoms with Gasteiger partial charge >= 0.3 is 0 Å². The van der Waals surface area contributed by atoms with Gasteiger partial charge in [-0.05, 0) is 229 Å². The summed E-state index contributed by atoms with van der Waals surface area (Å²) in [5.41, 5.74) is 4.46. The van der Waals surface area contributed by atoms with Crippen molar-refractivity contribution in [2.75, 3.05) is 52.4 Å². The van der Waals surface area contributed by atoms with Gasteiger partial charge in [0.25, 0.3) is 0 Å². The Hall–Kier alpha value is -0.160. The quantitative estimate of drug-likeness (QED) is 0.240. The molecule has 67 heavy (non-hydrogen) atoms. The highest BCUT2D eigenvalue weighted by Gasteiger charge is 2.41. The molecule has 0 bridgehead atoms. The van der Waals surface area contributed by atoms with Crippen molar-refractivity contribution < 1.29 is 0 Å². The Kier molecular flexibility index (Phi) is 23.5. The maximum absolute atomic E-state index is 2.65. The highest BCUT2D eigenvalue weighted by Crippen LogP contribution is 2.46. The van der Waals surface area contributed by atoms with Gasteiger partial charge in [0.15, 0.2) is 0 Å².